The molecule has 120 valence electrons. The minimum absolute atomic E-state index is 0.369. The zero-order chi connectivity index (χ0) is 16.5. The Kier molecular flexibility index (Phi) is 5.22. The zero-order valence-electron chi connectivity index (χ0n) is 13.6. The molecule has 0 unspecified atom stereocenters. The summed E-state index contributed by atoms with van der Waals surface area (Å²) in [5.74, 6) is 1.25. The van der Waals surface area contributed by atoms with Gasteiger partial charge in [-0.2, -0.15) is 12.6 Å². The molecule has 0 aliphatic carbocycles. The Hall–Kier alpha value is -0.615. The molecule has 1 aliphatic heterocycles. The van der Waals surface area contributed by atoms with E-state index in [2.05, 4.69) is 12.6 Å². The number of benzene rings is 1. The molecule has 0 amide bonds. The lowest BCUT2D eigenvalue weighted by Crippen LogP contribution is -2.41. The first kappa shape index (κ1) is 17.7. The molecule has 22 heavy (non-hydrogen) atoms. The number of hydrogen-bond donors (Lipinski definition) is 1. The van der Waals surface area contributed by atoms with Gasteiger partial charge in [0.25, 0.3) is 0 Å². The van der Waals surface area contributed by atoms with Crippen LogP contribution in [0, 0.1) is 0 Å². The monoisotopic (exact) mass is 340 g/mol. The highest BCUT2D eigenvalue weighted by atomic mass is 35.5. The highest BCUT2D eigenvalue weighted by Gasteiger charge is 2.52. The number of hydrogen-bond acceptors (Lipinski definition) is 4. The second-order valence-corrected chi connectivity index (χ2v) is 7.14. The largest absolute Gasteiger partial charge is 0.497 e. The third kappa shape index (κ3) is 3.65. The van der Waals surface area contributed by atoms with Gasteiger partial charge in [-0.15, -0.1) is 0 Å². The van der Waals surface area contributed by atoms with Crippen molar-refractivity contribution >= 4 is 37.4 Å². The maximum absolute atomic E-state index is 6.11. The molecule has 1 aliphatic rings. The van der Waals surface area contributed by atoms with Crippen LogP contribution in [0.2, 0.25) is 5.02 Å². The second kappa shape index (κ2) is 6.48. The molecule has 1 aromatic carbocycles. The van der Waals surface area contributed by atoms with Crippen LogP contribution >= 0.6 is 24.2 Å². The summed E-state index contributed by atoms with van der Waals surface area (Å²) in [6.07, 6.45) is 1.99. The van der Waals surface area contributed by atoms with Crippen molar-refractivity contribution in [3.05, 3.63) is 34.3 Å². The summed E-state index contributed by atoms with van der Waals surface area (Å²) in [5, 5.41) is 0.623. The molecule has 0 N–H and O–H groups in total. The molecule has 6 heteroatoms. The number of thiol groups is 1. The van der Waals surface area contributed by atoms with E-state index in [9.17, 15) is 0 Å². The molecule has 3 nitrogen and oxygen atoms in total. The summed E-state index contributed by atoms with van der Waals surface area (Å²) in [7, 11) is 1.21. The smallest absolute Gasteiger partial charge is 0.491 e. The maximum Gasteiger partial charge on any atom is 0.491 e. The molecule has 0 saturated carbocycles. The van der Waals surface area contributed by atoms with E-state index in [-0.39, 0.29) is 11.2 Å². The van der Waals surface area contributed by atoms with Gasteiger partial charge in [-0.05, 0) is 56.9 Å². The summed E-state index contributed by atoms with van der Waals surface area (Å²) in [5.41, 5.74) is 1.15. The molecule has 1 aromatic rings. The lowest BCUT2D eigenvalue weighted by molar-refractivity contribution is 0.00578. The average Bonchev–Trinajstić information content (AvgIpc) is 2.64. The number of methoxy groups -OCH3 is 1. The predicted molar refractivity (Wildman–Crippen MR) is 95.9 cm³/mol. The van der Waals surface area contributed by atoms with Gasteiger partial charge in [-0.1, -0.05) is 17.7 Å². The van der Waals surface area contributed by atoms with Crippen LogP contribution in [-0.4, -0.2) is 31.2 Å². The van der Waals surface area contributed by atoms with Crippen molar-refractivity contribution < 1.29 is 14.0 Å². The third-order valence-electron chi connectivity index (χ3n) is 4.22. The van der Waals surface area contributed by atoms with Crippen molar-refractivity contribution in [2.45, 2.75) is 38.9 Å². The Labute approximate surface area is 143 Å². The van der Waals surface area contributed by atoms with Crippen LogP contribution in [0.4, 0.5) is 0 Å². The average molecular weight is 341 g/mol. The molecular formula is C16H22BClO3S. The van der Waals surface area contributed by atoms with E-state index < -0.39 is 7.12 Å². The number of rotatable bonds is 4. The van der Waals surface area contributed by atoms with Gasteiger partial charge in [-0.25, -0.2) is 0 Å². The van der Waals surface area contributed by atoms with Crippen molar-refractivity contribution in [1.29, 1.82) is 0 Å². The maximum atomic E-state index is 6.11. The van der Waals surface area contributed by atoms with E-state index in [1.807, 2.05) is 45.9 Å². The van der Waals surface area contributed by atoms with E-state index >= 15 is 0 Å². The molecule has 0 bridgehead atoms. The minimum atomic E-state index is -0.410. The van der Waals surface area contributed by atoms with E-state index in [0.29, 0.717) is 16.5 Å². The third-order valence-corrected chi connectivity index (χ3v) is 4.80. The number of ether oxygens (including phenoxy) is 1. The van der Waals surface area contributed by atoms with Crippen molar-refractivity contribution in [3.8, 4) is 5.75 Å². The van der Waals surface area contributed by atoms with Gasteiger partial charge in [0.15, 0.2) is 0 Å². The van der Waals surface area contributed by atoms with Crippen LogP contribution < -0.4 is 4.74 Å². The Bertz CT molecular complexity index is 571. The lowest BCUT2D eigenvalue weighted by atomic mass is 9.78. The van der Waals surface area contributed by atoms with Crippen LogP contribution in [0.3, 0.4) is 0 Å². The fraction of sp³-hybridized carbons (Fsp3) is 0.500. The molecule has 0 atom stereocenters. The van der Waals surface area contributed by atoms with Crippen LogP contribution in [0.25, 0.3) is 6.08 Å². The molecular weight excluding hydrogens is 319 g/mol. The molecule has 2 rings (SSSR count). The SMILES string of the molecule is COc1cc(Cl)cc(C=C(CS)B2OC(C)(C)C(C)(C)O2)c1. The van der Waals surface area contributed by atoms with Gasteiger partial charge >= 0.3 is 7.12 Å². The quantitative estimate of drug-likeness (QED) is 0.654. The van der Waals surface area contributed by atoms with Crippen LogP contribution in [-0.2, 0) is 9.31 Å². The summed E-state index contributed by atoms with van der Waals surface area (Å²) in [6, 6.07) is 5.56. The Balaban J connectivity index is 2.31. The summed E-state index contributed by atoms with van der Waals surface area (Å²) >= 11 is 10.5. The van der Waals surface area contributed by atoms with Gasteiger partial charge in [-0.3, -0.25) is 0 Å². The molecule has 0 radical (unpaired) electrons. The molecule has 1 heterocycles. The van der Waals surface area contributed by atoms with Crippen molar-refractivity contribution in [2.24, 2.45) is 0 Å². The van der Waals surface area contributed by atoms with Gasteiger partial charge in [0, 0.05) is 10.8 Å². The number of halogens is 1. The second-order valence-electron chi connectivity index (χ2n) is 6.39. The fourth-order valence-electron chi connectivity index (χ4n) is 2.18. The predicted octanol–water partition coefficient (Wildman–Crippen LogP) is 4.29. The Morgan fingerprint density at radius 1 is 1.23 bits per heavy atom. The van der Waals surface area contributed by atoms with Gasteiger partial charge in [0.2, 0.25) is 0 Å². The van der Waals surface area contributed by atoms with E-state index in [1.54, 1.807) is 13.2 Å². The van der Waals surface area contributed by atoms with E-state index in [4.69, 9.17) is 25.6 Å². The first-order valence-corrected chi connectivity index (χ1v) is 8.21. The van der Waals surface area contributed by atoms with Gasteiger partial charge < -0.3 is 14.0 Å². The normalized spacial score (nSPS) is 20.3. The Morgan fingerprint density at radius 3 is 2.32 bits per heavy atom. The molecule has 0 aromatic heterocycles. The van der Waals surface area contributed by atoms with Crippen LogP contribution in [0.1, 0.15) is 33.3 Å². The van der Waals surface area contributed by atoms with E-state index in [1.165, 1.54) is 0 Å². The standard InChI is InChI=1S/C16H22BClO3S/c1-15(2)16(3,4)21-17(20-15)12(10-22)6-11-7-13(18)9-14(8-11)19-5/h6-9,22H,10H2,1-5H3. The molecule has 1 fully saturated rings. The van der Waals surface area contributed by atoms with Gasteiger partial charge in [0.05, 0.1) is 18.3 Å². The fourth-order valence-corrected chi connectivity index (χ4v) is 2.66. The first-order chi connectivity index (χ1) is 10.2. The van der Waals surface area contributed by atoms with Crippen LogP contribution in [0.5, 0.6) is 5.75 Å². The zero-order valence-corrected chi connectivity index (χ0v) is 15.3. The lowest BCUT2D eigenvalue weighted by Gasteiger charge is -2.32. The summed E-state index contributed by atoms with van der Waals surface area (Å²) in [4.78, 5) is 0. The van der Waals surface area contributed by atoms with Crippen molar-refractivity contribution in [1.82, 2.24) is 0 Å². The highest BCUT2D eigenvalue weighted by Crippen LogP contribution is 2.39. The van der Waals surface area contributed by atoms with Crippen molar-refractivity contribution in [2.75, 3.05) is 12.9 Å². The van der Waals surface area contributed by atoms with Gasteiger partial charge in [0.1, 0.15) is 5.75 Å². The molecule has 1 saturated heterocycles. The highest BCUT2D eigenvalue weighted by molar-refractivity contribution is 7.80. The Morgan fingerprint density at radius 2 is 1.82 bits per heavy atom. The van der Waals surface area contributed by atoms with Crippen LogP contribution in [0.15, 0.2) is 23.7 Å². The summed E-state index contributed by atoms with van der Waals surface area (Å²) < 4.78 is 17.4. The van der Waals surface area contributed by atoms with Crippen molar-refractivity contribution in [3.63, 3.8) is 0 Å². The van der Waals surface area contributed by atoms with E-state index in [0.717, 1.165) is 11.0 Å². The summed E-state index contributed by atoms with van der Waals surface area (Å²) in [6.45, 7) is 8.13. The topological polar surface area (TPSA) is 27.7 Å². The minimum Gasteiger partial charge on any atom is -0.497 e. The molecule has 0 spiro atoms. The first-order valence-electron chi connectivity index (χ1n) is 7.20.